The van der Waals surface area contributed by atoms with Crippen LogP contribution in [0.2, 0.25) is 18.1 Å². The first-order valence-corrected chi connectivity index (χ1v) is 14.5. The topological polar surface area (TPSA) is 84.4 Å². The first kappa shape index (κ1) is 25.0. The Labute approximate surface area is 197 Å². The van der Waals surface area contributed by atoms with Crippen LogP contribution in [0.3, 0.4) is 0 Å². The Bertz CT molecular complexity index is 1090. The number of aryl methyl sites for hydroxylation is 2. The van der Waals surface area contributed by atoms with E-state index < -0.39 is 20.4 Å². The lowest BCUT2D eigenvalue weighted by Crippen LogP contribution is -2.43. The molecule has 0 spiro atoms. The molecule has 6 nitrogen and oxygen atoms in total. The van der Waals surface area contributed by atoms with Crippen LogP contribution in [0.5, 0.6) is 5.75 Å². The molecule has 0 saturated carbocycles. The number of H-pyrrole nitrogens is 1. The summed E-state index contributed by atoms with van der Waals surface area (Å²) in [6.45, 7) is 13.0. The molecule has 0 amide bonds. The fraction of sp³-hybridized carbons (Fsp3) is 0.462. The van der Waals surface area contributed by atoms with Crippen LogP contribution in [-0.2, 0) is 22.4 Å². The molecule has 1 unspecified atom stereocenters. The van der Waals surface area contributed by atoms with Gasteiger partial charge in [0.1, 0.15) is 11.6 Å². The maximum atomic E-state index is 12.0. The predicted molar refractivity (Wildman–Crippen MR) is 134 cm³/mol. The van der Waals surface area contributed by atoms with Gasteiger partial charge in [-0.15, -0.1) is 0 Å². The number of carbonyl (C=O) groups excluding carboxylic acids is 1. The first-order chi connectivity index (χ1) is 15.5. The second-order valence-electron chi connectivity index (χ2n) is 9.97. The maximum absolute atomic E-state index is 12.0. The lowest BCUT2D eigenvalue weighted by molar-refractivity contribution is -0.145. The third kappa shape index (κ3) is 6.24. The molecule has 3 aromatic rings. The monoisotopic (exact) mass is 468 g/mol. The van der Waals surface area contributed by atoms with E-state index in [1.807, 2.05) is 30.3 Å². The molecule has 0 aliphatic carbocycles. The van der Waals surface area contributed by atoms with E-state index in [9.17, 15) is 9.90 Å². The Balaban J connectivity index is 1.96. The Morgan fingerprint density at radius 3 is 2.48 bits per heavy atom. The summed E-state index contributed by atoms with van der Waals surface area (Å²) in [6.07, 6.45) is 0.442. The number of nitrogens with zero attached hydrogens (tertiary/aromatic N) is 1. The van der Waals surface area contributed by atoms with Gasteiger partial charge in [-0.1, -0.05) is 51.1 Å². The molecule has 0 aliphatic heterocycles. The summed E-state index contributed by atoms with van der Waals surface area (Å²) in [5.41, 5.74) is 3.28. The zero-order valence-corrected chi connectivity index (χ0v) is 21.6. The van der Waals surface area contributed by atoms with Gasteiger partial charge in [0.15, 0.2) is 0 Å². The largest absolute Gasteiger partial charge is 0.543 e. The van der Waals surface area contributed by atoms with Crippen molar-refractivity contribution in [2.45, 2.75) is 71.2 Å². The van der Waals surface area contributed by atoms with Gasteiger partial charge >= 0.3 is 5.97 Å². The van der Waals surface area contributed by atoms with E-state index in [1.54, 1.807) is 6.92 Å². The standard InChI is InChI=1S/C26H36N2O4Si/c1-7-31-24(30)17-22(29)20-15-19(32-33(5,6)26(2,3)4)16-21-25(20)28-23(27-21)14-13-18-11-9-8-10-12-18/h8-12,15-16,22,29H,7,13-14,17H2,1-6H3,(H,27,28). The molecule has 2 aromatic carbocycles. The van der Waals surface area contributed by atoms with Gasteiger partial charge in [0.25, 0.3) is 0 Å². The summed E-state index contributed by atoms with van der Waals surface area (Å²) in [5, 5.41) is 10.9. The lowest BCUT2D eigenvalue weighted by atomic mass is 10.0. The predicted octanol–water partition coefficient (Wildman–Crippen LogP) is 5.72. The molecule has 1 heterocycles. The van der Waals surface area contributed by atoms with E-state index in [0.717, 1.165) is 24.2 Å². The fourth-order valence-corrected chi connectivity index (χ4v) is 4.46. The van der Waals surface area contributed by atoms with Gasteiger partial charge in [-0.05, 0) is 43.1 Å². The number of aromatic nitrogens is 2. The third-order valence-corrected chi connectivity index (χ3v) is 10.7. The summed E-state index contributed by atoms with van der Waals surface area (Å²) in [4.78, 5) is 20.2. The van der Waals surface area contributed by atoms with E-state index in [2.05, 4.69) is 51.0 Å². The van der Waals surface area contributed by atoms with Gasteiger partial charge in [0.05, 0.1) is 30.2 Å². The van der Waals surface area contributed by atoms with Crippen molar-refractivity contribution >= 4 is 25.3 Å². The number of fused-ring (bicyclic) bond motifs is 1. The summed E-state index contributed by atoms with van der Waals surface area (Å²) in [6, 6.07) is 14.0. The quantitative estimate of drug-likeness (QED) is 0.310. The zero-order valence-electron chi connectivity index (χ0n) is 20.6. The van der Waals surface area contributed by atoms with Crippen molar-refractivity contribution in [3.63, 3.8) is 0 Å². The van der Waals surface area contributed by atoms with Crippen LogP contribution in [0.15, 0.2) is 42.5 Å². The first-order valence-electron chi connectivity index (χ1n) is 11.6. The number of rotatable bonds is 9. The van der Waals surface area contributed by atoms with E-state index in [4.69, 9.17) is 14.1 Å². The minimum absolute atomic E-state index is 0.0283. The second kappa shape index (κ2) is 10.1. The van der Waals surface area contributed by atoms with Crippen molar-refractivity contribution in [2.75, 3.05) is 6.61 Å². The highest BCUT2D eigenvalue weighted by Gasteiger charge is 2.39. The minimum Gasteiger partial charge on any atom is -0.543 e. The molecule has 0 aliphatic rings. The number of aliphatic hydroxyl groups excluding tert-OH is 1. The Hall–Kier alpha value is -2.64. The van der Waals surface area contributed by atoms with Gasteiger partial charge in [-0.3, -0.25) is 4.79 Å². The van der Waals surface area contributed by atoms with Gasteiger partial charge in [0.2, 0.25) is 8.32 Å². The molecule has 1 atom stereocenters. The van der Waals surface area contributed by atoms with Gasteiger partial charge in [-0.25, -0.2) is 4.98 Å². The minimum atomic E-state index is -2.10. The number of aliphatic hydroxyl groups is 1. The molecular weight excluding hydrogens is 432 g/mol. The van der Waals surface area contributed by atoms with Crippen molar-refractivity contribution in [1.82, 2.24) is 9.97 Å². The SMILES string of the molecule is CCOC(=O)CC(O)c1cc(O[Si](C)(C)C(C)(C)C)cc2[nH]c(CCc3ccccc3)nc12. The molecule has 2 N–H and O–H groups in total. The molecule has 3 rings (SSSR count). The molecule has 7 heteroatoms. The summed E-state index contributed by atoms with van der Waals surface area (Å²) >= 11 is 0. The number of nitrogens with one attached hydrogen (secondary N) is 1. The normalized spacial score (nSPS) is 13.2. The van der Waals surface area contributed by atoms with E-state index in [1.165, 1.54) is 5.56 Å². The highest BCUT2D eigenvalue weighted by atomic mass is 28.4. The number of ether oxygens (including phenoxy) is 1. The van der Waals surface area contributed by atoms with Crippen LogP contribution in [0.4, 0.5) is 0 Å². The van der Waals surface area contributed by atoms with E-state index >= 15 is 0 Å². The van der Waals surface area contributed by atoms with Crippen molar-refractivity contribution in [3.8, 4) is 5.75 Å². The number of esters is 1. The van der Waals surface area contributed by atoms with Gasteiger partial charge < -0.3 is 19.3 Å². The van der Waals surface area contributed by atoms with Crippen LogP contribution in [-0.4, -0.2) is 36.0 Å². The summed E-state index contributed by atoms with van der Waals surface area (Å²) in [7, 11) is -2.10. The van der Waals surface area contributed by atoms with Crippen molar-refractivity contribution in [1.29, 1.82) is 0 Å². The van der Waals surface area contributed by atoms with Gasteiger partial charge in [0, 0.05) is 18.1 Å². The smallest absolute Gasteiger partial charge is 0.308 e. The van der Waals surface area contributed by atoms with Crippen LogP contribution >= 0.6 is 0 Å². The molecule has 0 bridgehead atoms. The van der Waals surface area contributed by atoms with Crippen molar-refractivity contribution in [3.05, 3.63) is 59.4 Å². The zero-order chi connectivity index (χ0) is 24.2. The molecule has 0 radical (unpaired) electrons. The highest BCUT2D eigenvalue weighted by molar-refractivity contribution is 6.74. The Morgan fingerprint density at radius 1 is 1.15 bits per heavy atom. The van der Waals surface area contributed by atoms with Gasteiger partial charge in [-0.2, -0.15) is 0 Å². The second-order valence-corrected chi connectivity index (χ2v) is 14.7. The molecule has 178 valence electrons. The van der Waals surface area contributed by atoms with E-state index in [0.29, 0.717) is 16.8 Å². The van der Waals surface area contributed by atoms with Crippen LogP contribution < -0.4 is 4.43 Å². The number of benzene rings is 2. The van der Waals surface area contributed by atoms with Crippen LogP contribution in [0.25, 0.3) is 11.0 Å². The molecular formula is C26H36N2O4Si. The van der Waals surface area contributed by atoms with Crippen molar-refractivity contribution < 1.29 is 19.1 Å². The average molecular weight is 469 g/mol. The lowest BCUT2D eigenvalue weighted by Gasteiger charge is -2.36. The fourth-order valence-electron chi connectivity index (χ4n) is 3.44. The van der Waals surface area contributed by atoms with E-state index in [-0.39, 0.29) is 18.1 Å². The average Bonchev–Trinajstić information content (AvgIpc) is 3.14. The summed E-state index contributed by atoms with van der Waals surface area (Å²) < 4.78 is 11.6. The number of hydrogen-bond donors (Lipinski definition) is 2. The maximum Gasteiger partial charge on any atom is 0.308 e. The molecule has 0 fully saturated rings. The van der Waals surface area contributed by atoms with Crippen LogP contribution in [0, 0.1) is 0 Å². The van der Waals surface area contributed by atoms with Crippen molar-refractivity contribution in [2.24, 2.45) is 0 Å². The number of imidazole rings is 1. The number of hydrogen-bond acceptors (Lipinski definition) is 5. The molecule has 33 heavy (non-hydrogen) atoms. The Morgan fingerprint density at radius 2 is 1.85 bits per heavy atom. The number of aromatic amines is 1. The number of carbonyl (C=O) groups is 1. The Kier molecular flexibility index (Phi) is 7.64. The molecule has 0 saturated heterocycles. The summed E-state index contributed by atoms with van der Waals surface area (Å²) in [5.74, 6) is 1.09. The van der Waals surface area contributed by atoms with Crippen LogP contribution in [0.1, 0.15) is 57.2 Å². The molecule has 1 aromatic heterocycles. The third-order valence-electron chi connectivity index (χ3n) is 6.34. The highest BCUT2D eigenvalue weighted by Crippen LogP contribution is 2.39.